The lowest BCUT2D eigenvalue weighted by atomic mass is 10.1. The largest absolute Gasteiger partial charge is 0.323 e. The van der Waals surface area contributed by atoms with E-state index in [0.717, 1.165) is 10.4 Å². The van der Waals surface area contributed by atoms with Crippen LogP contribution in [0.2, 0.25) is 15.1 Å². The van der Waals surface area contributed by atoms with Crippen molar-refractivity contribution in [2.75, 3.05) is 0 Å². The predicted octanol–water partition coefficient (Wildman–Crippen LogP) is 4.95. The fourth-order valence-electron chi connectivity index (χ4n) is 1.59. The number of benzene rings is 1. The topological polar surface area (TPSA) is 26.0 Å². The van der Waals surface area contributed by atoms with Crippen molar-refractivity contribution in [2.24, 2.45) is 5.73 Å². The summed E-state index contributed by atoms with van der Waals surface area (Å²) >= 11 is 19.6. The summed E-state index contributed by atoms with van der Waals surface area (Å²) in [7, 11) is 0. The molecule has 1 unspecified atom stereocenters. The zero-order valence-electron chi connectivity index (χ0n) is 8.79. The molecule has 90 valence electrons. The molecule has 1 heterocycles. The van der Waals surface area contributed by atoms with E-state index in [2.05, 4.69) is 0 Å². The average Bonchev–Trinajstić information content (AvgIpc) is 2.68. The van der Waals surface area contributed by atoms with Crippen LogP contribution in [0.1, 0.15) is 16.5 Å². The van der Waals surface area contributed by atoms with Gasteiger partial charge in [0, 0.05) is 21.0 Å². The lowest BCUT2D eigenvalue weighted by Crippen LogP contribution is -2.12. The van der Waals surface area contributed by atoms with Crippen LogP contribution >= 0.6 is 46.1 Å². The summed E-state index contributed by atoms with van der Waals surface area (Å²) in [5, 5.41) is 3.91. The van der Waals surface area contributed by atoms with Crippen LogP contribution in [0.25, 0.3) is 0 Å². The Balaban J connectivity index is 2.19. The summed E-state index contributed by atoms with van der Waals surface area (Å²) in [4.78, 5) is 0.984. The second kappa shape index (κ2) is 5.59. The van der Waals surface area contributed by atoms with Gasteiger partial charge in [-0.15, -0.1) is 11.3 Å². The summed E-state index contributed by atoms with van der Waals surface area (Å²) < 4.78 is 0. The van der Waals surface area contributed by atoms with Crippen LogP contribution in [0.15, 0.2) is 29.6 Å². The van der Waals surface area contributed by atoms with Crippen LogP contribution < -0.4 is 5.73 Å². The van der Waals surface area contributed by atoms with Crippen molar-refractivity contribution in [1.29, 1.82) is 0 Å². The molecule has 0 radical (unpaired) electrons. The van der Waals surface area contributed by atoms with Crippen molar-refractivity contribution in [1.82, 2.24) is 0 Å². The highest BCUT2D eigenvalue weighted by atomic mass is 35.5. The number of hydrogen-bond acceptors (Lipinski definition) is 2. The Labute approximate surface area is 119 Å². The first kappa shape index (κ1) is 13.2. The van der Waals surface area contributed by atoms with Gasteiger partial charge in [-0.05, 0) is 35.6 Å². The first-order valence-electron chi connectivity index (χ1n) is 5.00. The van der Waals surface area contributed by atoms with Crippen LogP contribution in [-0.2, 0) is 6.42 Å². The number of rotatable bonds is 3. The number of hydrogen-bond donors (Lipinski definition) is 1. The monoisotopic (exact) mass is 305 g/mol. The van der Waals surface area contributed by atoms with Crippen molar-refractivity contribution in [3.8, 4) is 0 Å². The highest BCUT2D eigenvalue weighted by Crippen LogP contribution is 2.31. The van der Waals surface area contributed by atoms with Gasteiger partial charge in [-0.3, -0.25) is 0 Å². The normalized spacial score (nSPS) is 12.7. The van der Waals surface area contributed by atoms with Gasteiger partial charge < -0.3 is 5.73 Å². The van der Waals surface area contributed by atoms with Gasteiger partial charge in [-0.1, -0.05) is 40.9 Å². The standard InChI is InChI=1S/C12H10Cl3NS/c13-8-2-1-7(10(15)6-8)5-11(16)12-9(14)3-4-17-12/h1-4,6,11H,5,16H2. The minimum Gasteiger partial charge on any atom is -0.323 e. The number of thiophene rings is 1. The van der Waals surface area contributed by atoms with Gasteiger partial charge >= 0.3 is 0 Å². The SMILES string of the molecule is NC(Cc1ccc(Cl)cc1Cl)c1sccc1Cl. The molecule has 17 heavy (non-hydrogen) atoms. The Hall–Kier alpha value is -0.250. The van der Waals surface area contributed by atoms with E-state index in [0.29, 0.717) is 21.5 Å². The Bertz CT molecular complexity index is 524. The summed E-state index contributed by atoms with van der Waals surface area (Å²) in [6.07, 6.45) is 0.649. The van der Waals surface area contributed by atoms with Gasteiger partial charge in [0.05, 0.1) is 5.02 Å². The quantitative estimate of drug-likeness (QED) is 0.853. The zero-order chi connectivity index (χ0) is 12.4. The molecule has 0 saturated carbocycles. The Kier molecular flexibility index (Phi) is 4.34. The van der Waals surface area contributed by atoms with Gasteiger partial charge in [0.15, 0.2) is 0 Å². The Morgan fingerprint density at radius 1 is 1.12 bits per heavy atom. The van der Waals surface area contributed by atoms with Gasteiger partial charge in [0.25, 0.3) is 0 Å². The molecule has 0 amide bonds. The molecular weight excluding hydrogens is 297 g/mol. The fourth-order valence-corrected chi connectivity index (χ4v) is 3.27. The minimum atomic E-state index is -0.138. The molecule has 1 atom stereocenters. The molecule has 0 aliphatic carbocycles. The van der Waals surface area contributed by atoms with E-state index in [9.17, 15) is 0 Å². The van der Waals surface area contributed by atoms with Crippen LogP contribution in [0, 0.1) is 0 Å². The summed E-state index contributed by atoms with van der Waals surface area (Å²) in [6.45, 7) is 0. The molecule has 0 bridgehead atoms. The van der Waals surface area contributed by atoms with Crippen molar-refractivity contribution < 1.29 is 0 Å². The van der Waals surface area contributed by atoms with Gasteiger partial charge in [0.2, 0.25) is 0 Å². The molecule has 1 nitrogen and oxygen atoms in total. The molecule has 5 heteroatoms. The maximum atomic E-state index is 6.11. The van der Waals surface area contributed by atoms with E-state index in [1.165, 1.54) is 0 Å². The lowest BCUT2D eigenvalue weighted by Gasteiger charge is -2.12. The van der Waals surface area contributed by atoms with E-state index >= 15 is 0 Å². The second-order valence-electron chi connectivity index (χ2n) is 3.68. The van der Waals surface area contributed by atoms with E-state index in [1.807, 2.05) is 23.6 Å². The molecule has 0 aliphatic rings. The van der Waals surface area contributed by atoms with Crippen molar-refractivity contribution in [3.05, 3.63) is 55.2 Å². The Morgan fingerprint density at radius 3 is 2.47 bits per heavy atom. The molecular formula is C12H10Cl3NS. The van der Waals surface area contributed by atoms with Crippen molar-refractivity contribution >= 4 is 46.1 Å². The van der Waals surface area contributed by atoms with Crippen LogP contribution in [0.3, 0.4) is 0 Å². The molecule has 1 aromatic heterocycles. The molecule has 0 spiro atoms. The van der Waals surface area contributed by atoms with Crippen LogP contribution in [-0.4, -0.2) is 0 Å². The third kappa shape index (κ3) is 3.15. The summed E-state index contributed by atoms with van der Waals surface area (Å²) in [5.41, 5.74) is 7.09. The summed E-state index contributed by atoms with van der Waals surface area (Å²) in [5.74, 6) is 0. The highest BCUT2D eigenvalue weighted by Gasteiger charge is 2.14. The maximum absolute atomic E-state index is 6.11. The first-order valence-corrected chi connectivity index (χ1v) is 7.01. The zero-order valence-corrected chi connectivity index (χ0v) is 11.9. The maximum Gasteiger partial charge on any atom is 0.0561 e. The number of nitrogens with two attached hydrogens (primary N) is 1. The highest BCUT2D eigenvalue weighted by molar-refractivity contribution is 7.10. The minimum absolute atomic E-state index is 0.138. The Morgan fingerprint density at radius 2 is 1.88 bits per heavy atom. The van der Waals surface area contributed by atoms with Crippen molar-refractivity contribution in [3.63, 3.8) is 0 Å². The van der Waals surface area contributed by atoms with Crippen LogP contribution in [0.5, 0.6) is 0 Å². The smallest absolute Gasteiger partial charge is 0.0561 e. The average molecular weight is 307 g/mol. The van der Waals surface area contributed by atoms with Crippen molar-refractivity contribution in [2.45, 2.75) is 12.5 Å². The molecule has 1 aromatic carbocycles. The lowest BCUT2D eigenvalue weighted by molar-refractivity contribution is 0.737. The van der Waals surface area contributed by atoms with Gasteiger partial charge in [-0.2, -0.15) is 0 Å². The first-order chi connectivity index (χ1) is 8.08. The van der Waals surface area contributed by atoms with Gasteiger partial charge in [0.1, 0.15) is 0 Å². The van der Waals surface area contributed by atoms with E-state index < -0.39 is 0 Å². The van der Waals surface area contributed by atoms with Gasteiger partial charge in [-0.25, -0.2) is 0 Å². The fraction of sp³-hybridized carbons (Fsp3) is 0.167. The molecule has 0 aliphatic heterocycles. The van der Waals surface area contributed by atoms with E-state index in [-0.39, 0.29) is 6.04 Å². The van der Waals surface area contributed by atoms with E-state index in [4.69, 9.17) is 40.5 Å². The molecule has 2 N–H and O–H groups in total. The molecule has 2 aromatic rings. The molecule has 0 fully saturated rings. The van der Waals surface area contributed by atoms with E-state index in [1.54, 1.807) is 17.4 Å². The molecule has 0 saturated heterocycles. The summed E-state index contributed by atoms with van der Waals surface area (Å²) in [6, 6.07) is 7.14. The second-order valence-corrected chi connectivity index (χ2v) is 5.88. The third-order valence-electron chi connectivity index (χ3n) is 2.44. The predicted molar refractivity (Wildman–Crippen MR) is 76.4 cm³/mol. The molecule has 2 rings (SSSR count). The van der Waals surface area contributed by atoms with Crippen LogP contribution in [0.4, 0.5) is 0 Å². The third-order valence-corrected chi connectivity index (χ3v) is 4.51. The number of halogens is 3.